The van der Waals surface area contributed by atoms with Gasteiger partial charge in [0.25, 0.3) is 0 Å². The molecule has 142 valence electrons. The summed E-state index contributed by atoms with van der Waals surface area (Å²) in [5, 5.41) is 0. The van der Waals surface area contributed by atoms with Crippen LogP contribution in [-0.4, -0.2) is 28.4 Å². The van der Waals surface area contributed by atoms with Gasteiger partial charge in [-0.05, 0) is 42.0 Å². The van der Waals surface area contributed by atoms with Crippen molar-refractivity contribution in [3.05, 3.63) is 51.5 Å². The summed E-state index contributed by atoms with van der Waals surface area (Å²) in [4.78, 5) is 0. The van der Waals surface area contributed by atoms with Crippen molar-refractivity contribution in [2.45, 2.75) is 0 Å². The number of fused-ring (bicyclic) bond motifs is 1. The Bertz CT molecular complexity index is 930. The zero-order valence-corrected chi connectivity index (χ0v) is 16.8. The second kappa shape index (κ2) is 8.03. The van der Waals surface area contributed by atoms with Gasteiger partial charge >= 0.3 is 0 Å². The van der Waals surface area contributed by atoms with E-state index in [0.717, 1.165) is 11.1 Å². The number of hydrogen-bond acceptors (Lipinski definition) is 5. The Morgan fingerprint density at radius 2 is 1.37 bits per heavy atom. The Hall–Kier alpha value is -2.50. The number of hydrogen-bond donors (Lipinski definition) is 0. The standard InChI is InChI=1S/C20H18Cl2O5/c1-23-14-6-5-11(7-16(14)24-2)15-8-12-9-17(25-3)18(26-4)10-13(12)19(27-15)20(21)22/h5-10H,1-4H3. The zero-order valence-electron chi connectivity index (χ0n) is 15.3. The lowest BCUT2D eigenvalue weighted by molar-refractivity contribution is 0.354. The first-order chi connectivity index (χ1) is 13.0. The van der Waals surface area contributed by atoms with E-state index in [0.29, 0.717) is 40.1 Å². The monoisotopic (exact) mass is 408 g/mol. The van der Waals surface area contributed by atoms with Crippen molar-refractivity contribution in [3.63, 3.8) is 0 Å². The molecule has 1 aliphatic heterocycles. The average Bonchev–Trinajstić information content (AvgIpc) is 2.70. The molecule has 2 aromatic rings. The number of benzene rings is 2. The average molecular weight is 409 g/mol. The molecule has 3 rings (SSSR count). The molecular weight excluding hydrogens is 391 g/mol. The van der Waals surface area contributed by atoms with E-state index in [1.165, 1.54) is 0 Å². The van der Waals surface area contributed by atoms with Crippen LogP contribution in [0.3, 0.4) is 0 Å². The fraction of sp³-hybridized carbons (Fsp3) is 0.200. The summed E-state index contributed by atoms with van der Waals surface area (Å²) in [5.41, 5.74) is 2.31. The second-order valence-corrected chi connectivity index (χ2v) is 6.51. The van der Waals surface area contributed by atoms with Gasteiger partial charge in [0, 0.05) is 11.1 Å². The summed E-state index contributed by atoms with van der Waals surface area (Å²) in [6.45, 7) is 0. The predicted molar refractivity (Wildman–Crippen MR) is 107 cm³/mol. The molecule has 0 fully saturated rings. The van der Waals surface area contributed by atoms with Crippen LogP contribution in [0.25, 0.3) is 17.6 Å². The van der Waals surface area contributed by atoms with Gasteiger partial charge in [0.05, 0.1) is 28.4 Å². The zero-order chi connectivity index (χ0) is 19.6. The molecule has 0 saturated carbocycles. The summed E-state index contributed by atoms with van der Waals surface area (Å²) in [5.74, 6) is 3.24. The van der Waals surface area contributed by atoms with E-state index < -0.39 is 0 Å². The Morgan fingerprint density at radius 3 is 1.96 bits per heavy atom. The largest absolute Gasteiger partial charge is 0.493 e. The van der Waals surface area contributed by atoms with E-state index in [4.69, 9.17) is 46.9 Å². The third kappa shape index (κ3) is 3.66. The number of methoxy groups -OCH3 is 4. The molecule has 0 spiro atoms. The molecule has 0 N–H and O–H groups in total. The van der Waals surface area contributed by atoms with Crippen LogP contribution in [0.1, 0.15) is 16.7 Å². The maximum atomic E-state index is 6.09. The molecule has 2 aromatic carbocycles. The van der Waals surface area contributed by atoms with Crippen LogP contribution in [0.2, 0.25) is 0 Å². The lowest BCUT2D eigenvalue weighted by Gasteiger charge is -2.23. The first-order valence-corrected chi connectivity index (χ1v) is 8.71. The quantitative estimate of drug-likeness (QED) is 0.666. The van der Waals surface area contributed by atoms with Gasteiger partial charge in [-0.3, -0.25) is 0 Å². The minimum atomic E-state index is 0.00884. The Kier molecular flexibility index (Phi) is 5.73. The molecule has 0 unspecified atom stereocenters. The number of halogens is 2. The van der Waals surface area contributed by atoms with Crippen molar-refractivity contribution in [1.29, 1.82) is 0 Å². The molecular formula is C20H18Cl2O5. The summed E-state index contributed by atoms with van der Waals surface area (Å²) in [7, 11) is 6.29. The Morgan fingerprint density at radius 1 is 0.778 bits per heavy atom. The van der Waals surface area contributed by atoms with Crippen LogP contribution in [0.4, 0.5) is 0 Å². The number of ether oxygens (including phenoxy) is 5. The molecule has 0 radical (unpaired) electrons. The molecule has 1 aliphatic rings. The smallest absolute Gasteiger partial charge is 0.165 e. The van der Waals surface area contributed by atoms with Crippen molar-refractivity contribution >= 4 is 40.8 Å². The SMILES string of the molecule is COc1ccc(C2=Cc3cc(OC)c(OC)cc3C(=C(Cl)Cl)O2)cc1OC. The molecule has 1 heterocycles. The lowest BCUT2D eigenvalue weighted by Crippen LogP contribution is -2.04. The van der Waals surface area contributed by atoms with E-state index in [-0.39, 0.29) is 4.49 Å². The van der Waals surface area contributed by atoms with Crippen LogP contribution in [0.15, 0.2) is 34.8 Å². The Balaban J connectivity index is 2.17. The summed E-state index contributed by atoms with van der Waals surface area (Å²) in [6.07, 6.45) is 1.87. The summed E-state index contributed by atoms with van der Waals surface area (Å²) in [6, 6.07) is 9.09. The molecule has 0 amide bonds. The van der Waals surface area contributed by atoms with Crippen molar-refractivity contribution < 1.29 is 23.7 Å². The highest BCUT2D eigenvalue weighted by atomic mass is 35.5. The topological polar surface area (TPSA) is 46.2 Å². The maximum absolute atomic E-state index is 6.09. The van der Waals surface area contributed by atoms with Crippen LogP contribution in [-0.2, 0) is 4.74 Å². The van der Waals surface area contributed by atoms with E-state index in [1.54, 1.807) is 40.6 Å². The van der Waals surface area contributed by atoms with Crippen molar-refractivity contribution in [3.8, 4) is 23.0 Å². The van der Waals surface area contributed by atoms with Gasteiger partial charge < -0.3 is 23.7 Å². The van der Waals surface area contributed by atoms with Gasteiger partial charge in [-0.2, -0.15) is 0 Å². The van der Waals surface area contributed by atoms with Crippen molar-refractivity contribution in [2.75, 3.05) is 28.4 Å². The molecule has 0 saturated heterocycles. The van der Waals surface area contributed by atoms with Crippen LogP contribution < -0.4 is 18.9 Å². The highest BCUT2D eigenvalue weighted by molar-refractivity contribution is 6.58. The Labute approximate surface area is 167 Å². The van der Waals surface area contributed by atoms with E-state index >= 15 is 0 Å². The third-order valence-corrected chi connectivity index (χ3v) is 4.48. The van der Waals surface area contributed by atoms with Crippen molar-refractivity contribution in [1.82, 2.24) is 0 Å². The van der Waals surface area contributed by atoms with Gasteiger partial charge in [-0.1, -0.05) is 23.2 Å². The molecule has 27 heavy (non-hydrogen) atoms. The number of rotatable bonds is 5. The molecule has 5 nitrogen and oxygen atoms in total. The van der Waals surface area contributed by atoms with E-state index in [2.05, 4.69) is 0 Å². The molecule has 7 heteroatoms. The van der Waals surface area contributed by atoms with Gasteiger partial charge in [0.2, 0.25) is 0 Å². The van der Waals surface area contributed by atoms with Crippen molar-refractivity contribution in [2.24, 2.45) is 0 Å². The van der Waals surface area contributed by atoms with Crippen LogP contribution in [0.5, 0.6) is 23.0 Å². The highest BCUT2D eigenvalue weighted by Gasteiger charge is 2.24. The van der Waals surface area contributed by atoms with E-state index in [9.17, 15) is 0 Å². The molecule has 0 atom stereocenters. The summed E-state index contributed by atoms with van der Waals surface area (Å²) >= 11 is 12.2. The second-order valence-electron chi connectivity index (χ2n) is 5.56. The molecule has 0 aliphatic carbocycles. The first-order valence-electron chi connectivity index (χ1n) is 7.96. The van der Waals surface area contributed by atoms with Gasteiger partial charge in [-0.25, -0.2) is 0 Å². The predicted octanol–water partition coefficient (Wildman–Crippen LogP) is 5.35. The fourth-order valence-corrected chi connectivity index (χ4v) is 3.10. The van der Waals surface area contributed by atoms with Gasteiger partial charge in [0.1, 0.15) is 10.3 Å². The van der Waals surface area contributed by atoms with E-state index in [1.807, 2.05) is 24.3 Å². The minimum absolute atomic E-state index is 0.00884. The van der Waals surface area contributed by atoms with Crippen LogP contribution in [0, 0.1) is 0 Å². The fourth-order valence-electron chi connectivity index (χ4n) is 2.82. The lowest BCUT2D eigenvalue weighted by atomic mass is 9.99. The molecule has 0 bridgehead atoms. The highest BCUT2D eigenvalue weighted by Crippen LogP contribution is 2.44. The van der Waals surface area contributed by atoms with Crippen LogP contribution >= 0.6 is 23.2 Å². The summed E-state index contributed by atoms with van der Waals surface area (Å²) < 4.78 is 27.4. The molecule has 0 aromatic heterocycles. The normalized spacial score (nSPS) is 12.5. The maximum Gasteiger partial charge on any atom is 0.165 e. The minimum Gasteiger partial charge on any atom is -0.493 e. The first kappa shape index (κ1) is 19.3. The van der Waals surface area contributed by atoms with Gasteiger partial charge in [0.15, 0.2) is 28.8 Å². The third-order valence-electron chi connectivity index (χ3n) is 4.14. The van der Waals surface area contributed by atoms with Gasteiger partial charge in [-0.15, -0.1) is 0 Å².